The maximum atomic E-state index is 12.4. The van der Waals surface area contributed by atoms with Gasteiger partial charge in [-0.25, -0.2) is 4.79 Å². The van der Waals surface area contributed by atoms with Gasteiger partial charge in [-0.1, -0.05) is 12.1 Å². The first-order valence-electron chi connectivity index (χ1n) is 9.38. The molecule has 1 aromatic carbocycles. The minimum atomic E-state index is -0.0595. The van der Waals surface area contributed by atoms with Gasteiger partial charge < -0.3 is 15.4 Å². The van der Waals surface area contributed by atoms with E-state index >= 15 is 0 Å². The largest absolute Gasteiger partial charge is 0.456 e. The average molecular weight is 351 g/mol. The fourth-order valence-corrected chi connectivity index (χ4v) is 4.29. The molecule has 2 fully saturated rings. The highest BCUT2D eigenvalue weighted by molar-refractivity contribution is 5.75. The van der Waals surface area contributed by atoms with Gasteiger partial charge >= 0.3 is 6.03 Å². The van der Waals surface area contributed by atoms with Crippen LogP contribution >= 0.6 is 0 Å². The number of nitrogens with one attached hydrogen (secondary N) is 2. The zero-order valence-electron chi connectivity index (χ0n) is 15.1. The quantitative estimate of drug-likeness (QED) is 0.829. The summed E-state index contributed by atoms with van der Waals surface area (Å²) in [6, 6.07) is 11.4. The molecule has 5 heteroatoms. The van der Waals surface area contributed by atoms with Gasteiger partial charge in [-0.05, 0) is 74.8 Å². The van der Waals surface area contributed by atoms with E-state index in [0.29, 0.717) is 5.75 Å². The van der Waals surface area contributed by atoms with Crippen LogP contribution < -0.4 is 15.4 Å². The molecule has 2 amide bonds. The number of ether oxygens (including phenoxy) is 1. The molecule has 0 saturated heterocycles. The van der Waals surface area contributed by atoms with Crippen LogP contribution in [-0.4, -0.2) is 16.6 Å². The fraction of sp³-hybridized carbons (Fsp3) is 0.429. The van der Waals surface area contributed by atoms with Crippen molar-refractivity contribution in [2.75, 3.05) is 0 Å². The zero-order chi connectivity index (χ0) is 18.0. The average Bonchev–Trinajstić information content (AvgIpc) is 3.23. The highest BCUT2D eigenvalue weighted by Gasteiger charge is 2.45. The molecule has 5 nitrogen and oxygen atoms in total. The van der Waals surface area contributed by atoms with Crippen LogP contribution in [0.15, 0.2) is 48.8 Å². The lowest BCUT2D eigenvalue weighted by atomic mass is 9.94. The summed E-state index contributed by atoms with van der Waals surface area (Å²) in [5, 5.41) is 6.32. The van der Waals surface area contributed by atoms with E-state index in [2.05, 4.69) is 15.6 Å². The first-order chi connectivity index (χ1) is 12.6. The van der Waals surface area contributed by atoms with Crippen LogP contribution in [0.3, 0.4) is 0 Å². The Hall–Kier alpha value is -2.56. The van der Waals surface area contributed by atoms with Crippen LogP contribution in [-0.2, 0) is 0 Å². The second kappa shape index (κ2) is 6.98. The number of nitrogens with zero attached hydrogens (tertiary/aromatic N) is 1. The van der Waals surface area contributed by atoms with E-state index in [1.165, 1.54) is 12.8 Å². The molecule has 1 atom stereocenters. The second-order valence-electron chi connectivity index (χ2n) is 7.61. The molecule has 2 aliphatic rings. The van der Waals surface area contributed by atoms with Crippen molar-refractivity contribution in [2.24, 2.45) is 5.92 Å². The molecule has 0 radical (unpaired) electrons. The van der Waals surface area contributed by atoms with Gasteiger partial charge in [-0.2, -0.15) is 0 Å². The lowest BCUT2D eigenvalue weighted by Gasteiger charge is -2.29. The third-order valence-electron chi connectivity index (χ3n) is 5.72. The summed E-state index contributed by atoms with van der Waals surface area (Å²) in [6.07, 6.45) is 9.31. The molecule has 1 unspecified atom stereocenters. The van der Waals surface area contributed by atoms with Gasteiger partial charge in [0.05, 0.1) is 12.2 Å². The summed E-state index contributed by atoms with van der Waals surface area (Å²) < 4.78 is 5.75. The zero-order valence-corrected chi connectivity index (χ0v) is 15.1. The molecule has 1 heterocycles. The Morgan fingerprint density at radius 3 is 2.58 bits per heavy atom. The molecule has 2 N–H and O–H groups in total. The molecule has 136 valence electrons. The van der Waals surface area contributed by atoms with Gasteiger partial charge in [0.25, 0.3) is 0 Å². The standard InChI is InChI=1S/C21H25N3O2/c1-15(23-20(25)24-21-10-8-16(13-21)9-11-21)17-4-6-18(7-5-17)26-19-3-2-12-22-14-19/h2-7,12,14-16H,8-11,13H2,1H3,(H2,23,24,25). The number of urea groups is 1. The number of carbonyl (C=O) groups excluding carboxylic acids is 1. The number of benzene rings is 1. The van der Waals surface area contributed by atoms with E-state index in [1.54, 1.807) is 12.4 Å². The van der Waals surface area contributed by atoms with Crippen molar-refractivity contribution in [3.8, 4) is 11.5 Å². The summed E-state index contributed by atoms with van der Waals surface area (Å²) in [4.78, 5) is 16.5. The number of pyridine rings is 1. The van der Waals surface area contributed by atoms with Gasteiger partial charge in [0.2, 0.25) is 0 Å². The Bertz CT molecular complexity index is 753. The highest BCUT2D eigenvalue weighted by Crippen LogP contribution is 2.47. The van der Waals surface area contributed by atoms with Crippen LogP contribution in [0.25, 0.3) is 0 Å². The van der Waals surface area contributed by atoms with E-state index in [9.17, 15) is 4.79 Å². The molecular weight excluding hydrogens is 326 g/mol. The minimum absolute atomic E-state index is 0.0515. The number of hydrogen-bond donors (Lipinski definition) is 2. The van der Waals surface area contributed by atoms with Gasteiger partial charge in [-0.3, -0.25) is 4.98 Å². The molecule has 0 spiro atoms. The van der Waals surface area contributed by atoms with Crippen LogP contribution in [0.4, 0.5) is 4.79 Å². The number of aromatic nitrogens is 1. The molecule has 2 saturated carbocycles. The third-order valence-corrected chi connectivity index (χ3v) is 5.72. The molecule has 2 aromatic rings. The molecule has 26 heavy (non-hydrogen) atoms. The topological polar surface area (TPSA) is 63.2 Å². The van der Waals surface area contributed by atoms with Crippen LogP contribution in [0.2, 0.25) is 0 Å². The van der Waals surface area contributed by atoms with Crippen LogP contribution in [0.1, 0.15) is 50.6 Å². The Labute approximate surface area is 154 Å². The minimum Gasteiger partial charge on any atom is -0.456 e. The number of hydrogen-bond acceptors (Lipinski definition) is 3. The Morgan fingerprint density at radius 2 is 1.96 bits per heavy atom. The van der Waals surface area contributed by atoms with Gasteiger partial charge in [0, 0.05) is 11.7 Å². The number of rotatable bonds is 5. The third kappa shape index (κ3) is 3.66. The first kappa shape index (κ1) is 16.9. The van der Waals surface area contributed by atoms with Gasteiger partial charge in [0.1, 0.15) is 11.5 Å². The Kier molecular flexibility index (Phi) is 4.53. The summed E-state index contributed by atoms with van der Waals surface area (Å²) in [5.74, 6) is 2.27. The number of carbonyl (C=O) groups is 1. The molecule has 4 rings (SSSR count). The summed E-state index contributed by atoms with van der Waals surface area (Å²) in [7, 11) is 0. The van der Waals surface area contributed by atoms with Crippen molar-refractivity contribution in [1.82, 2.24) is 15.6 Å². The number of amides is 2. The fourth-order valence-electron chi connectivity index (χ4n) is 4.29. The second-order valence-corrected chi connectivity index (χ2v) is 7.61. The Balaban J connectivity index is 1.33. The molecule has 1 aromatic heterocycles. The van der Waals surface area contributed by atoms with Crippen molar-refractivity contribution >= 4 is 6.03 Å². The van der Waals surface area contributed by atoms with Crippen molar-refractivity contribution < 1.29 is 9.53 Å². The molecular formula is C21H25N3O2. The smallest absolute Gasteiger partial charge is 0.315 e. The lowest BCUT2D eigenvalue weighted by molar-refractivity contribution is 0.221. The molecule has 2 bridgehead atoms. The van der Waals surface area contributed by atoms with Crippen molar-refractivity contribution in [3.05, 3.63) is 54.4 Å². The summed E-state index contributed by atoms with van der Waals surface area (Å²) in [5.41, 5.74) is 1.10. The van der Waals surface area contributed by atoms with E-state index in [4.69, 9.17) is 4.74 Å². The van der Waals surface area contributed by atoms with E-state index in [1.807, 2.05) is 43.3 Å². The van der Waals surface area contributed by atoms with E-state index in [0.717, 1.165) is 36.5 Å². The summed E-state index contributed by atoms with van der Waals surface area (Å²) in [6.45, 7) is 2.00. The SMILES string of the molecule is CC(NC(=O)NC12CCC(CC1)C2)c1ccc(Oc2cccnc2)cc1. The van der Waals surface area contributed by atoms with E-state index < -0.39 is 0 Å². The predicted octanol–water partition coefficient (Wildman–Crippen LogP) is 4.57. The molecule has 2 aliphatic carbocycles. The van der Waals surface area contributed by atoms with Gasteiger partial charge in [0.15, 0.2) is 0 Å². The molecule has 0 aliphatic heterocycles. The highest BCUT2D eigenvalue weighted by atomic mass is 16.5. The van der Waals surface area contributed by atoms with Crippen molar-refractivity contribution in [1.29, 1.82) is 0 Å². The normalized spacial score (nSPS) is 24.9. The summed E-state index contributed by atoms with van der Waals surface area (Å²) >= 11 is 0. The lowest BCUT2D eigenvalue weighted by Crippen LogP contribution is -2.50. The van der Waals surface area contributed by atoms with E-state index in [-0.39, 0.29) is 17.6 Å². The first-order valence-corrected chi connectivity index (χ1v) is 9.38. The van der Waals surface area contributed by atoms with Crippen molar-refractivity contribution in [2.45, 2.75) is 50.6 Å². The van der Waals surface area contributed by atoms with Gasteiger partial charge in [-0.15, -0.1) is 0 Å². The maximum absolute atomic E-state index is 12.4. The maximum Gasteiger partial charge on any atom is 0.315 e. The van der Waals surface area contributed by atoms with Crippen LogP contribution in [0, 0.1) is 5.92 Å². The Morgan fingerprint density at radius 1 is 1.19 bits per heavy atom. The number of fused-ring (bicyclic) bond motifs is 2. The van der Waals surface area contributed by atoms with Crippen LogP contribution in [0.5, 0.6) is 11.5 Å². The monoisotopic (exact) mass is 351 g/mol. The predicted molar refractivity (Wildman–Crippen MR) is 100 cm³/mol. The van der Waals surface area contributed by atoms with Crippen molar-refractivity contribution in [3.63, 3.8) is 0 Å².